The second-order valence-corrected chi connectivity index (χ2v) is 11.7. The van der Waals surface area contributed by atoms with E-state index < -0.39 is 20.6 Å². The van der Waals surface area contributed by atoms with Gasteiger partial charge in [0.25, 0.3) is 0 Å². The van der Waals surface area contributed by atoms with Gasteiger partial charge in [-0.1, -0.05) is 18.2 Å². The van der Waals surface area contributed by atoms with E-state index in [1.165, 1.54) is 7.11 Å². The molecule has 1 atom stereocenters. The van der Waals surface area contributed by atoms with Crippen LogP contribution in [-0.4, -0.2) is 42.0 Å². The highest BCUT2D eigenvalue weighted by Crippen LogP contribution is 2.37. The summed E-state index contributed by atoms with van der Waals surface area (Å²) in [7, 11) is 2.69. The van der Waals surface area contributed by atoms with E-state index in [0.29, 0.717) is 17.2 Å². The average molecular weight is 404 g/mol. The van der Waals surface area contributed by atoms with E-state index >= 15 is 0 Å². The van der Waals surface area contributed by atoms with Crippen LogP contribution in [0, 0.1) is 0 Å². The van der Waals surface area contributed by atoms with Crippen molar-refractivity contribution in [3.63, 3.8) is 0 Å². The quantitative estimate of drug-likeness (QED) is 0.473. The van der Waals surface area contributed by atoms with Crippen LogP contribution in [0.15, 0.2) is 42.5 Å². The van der Waals surface area contributed by atoms with Gasteiger partial charge in [-0.25, -0.2) is 4.79 Å². The molecule has 7 heteroatoms. The van der Waals surface area contributed by atoms with Crippen molar-refractivity contribution in [3.8, 4) is 22.6 Å². The van der Waals surface area contributed by atoms with E-state index in [0.717, 1.165) is 11.1 Å². The zero-order chi connectivity index (χ0) is 20.9. The number of hydrogen-bond acceptors (Lipinski definition) is 5. The zero-order valence-electron chi connectivity index (χ0n) is 17.6. The Labute approximate surface area is 168 Å². The van der Waals surface area contributed by atoms with Gasteiger partial charge in [-0.05, 0) is 50.3 Å². The molecule has 1 unspecified atom stereocenters. The normalized spacial score (nSPS) is 12.2. The second-order valence-electron chi connectivity index (χ2n) is 7.29. The molecule has 0 aliphatic heterocycles. The first kappa shape index (κ1) is 21.8. The van der Waals surface area contributed by atoms with Gasteiger partial charge in [0.1, 0.15) is 17.7 Å². The number of rotatable bonds is 7. The highest BCUT2D eigenvalue weighted by Gasteiger charge is 2.29. The predicted octanol–water partition coefficient (Wildman–Crippen LogP) is 5.14. The van der Waals surface area contributed by atoms with Crippen LogP contribution in [0.2, 0.25) is 19.6 Å². The van der Waals surface area contributed by atoms with Crippen molar-refractivity contribution < 1.29 is 23.4 Å². The molecule has 152 valence electrons. The minimum Gasteiger partial charge on any atom is -0.497 e. The van der Waals surface area contributed by atoms with Gasteiger partial charge >= 0.3 is 6.09 Å². The van der Waals surface area contributed by atoms with Gasteiger partial charge in [0.05, 0.1) is 27.0 Å². The van der Waals surface area contributed by atoms with E-state index in [9.17, 15) is 4.79 Å². The summed E-state index contributed by atoms with van der Waals surface area (Å²) in [6, 6.07) is 13.2. The third-order valence-corrected chi connectivity index (χ3v) is 5.13. The first-order chi connectivity index (χ1) is 13.2. The molecule has 6 nitrogen and oxygen atoms in total. The lowest BCUT2D eigenvalue weighted by atomic mass is 10.0. The van der Waals surface area contributed by atoms with E-state index in [1.54, 1.807) is 25.2 Å². The Morgan fingerprint density at radius 3 is 2.04 bits per heavy atom. The van der Waals surface area contributed by atoms with Gasteiger partial charge in [-0.3, -0.25) is 4.90 Å². The summed E-state index contributed by atoms with van der Waals surface area (Å²) in [5.41, 5.74) is 2.40. The average Bonchev–Trinajstić information content (AvgIpc) is 2.66. The minimum absolute atomic E-state index is 0.479. The molecule has 0 heterocycles. The highest BCUT2D eigenvalue weighted by atomic mass is 28.4. The summed E-state index contributed by atoms with van der Waals surface area (Å²) in [5.74, 6) is 1.33. The molecule has 0 aromatic heterocycles. The molecule has 0 fully saturated rings. The smallest absolute Gasteiger partial charge is 0.416 e. The Bertz CT molecular complexity index is 796. The summed E-state index contributed by atoms with van der Waals surface area (Å²) in [5, 5.41) is 0. The molecule has 0 N–H and O–H groups in total. The molecule has 0 bridgehead atoms. The van der Waals surface area contributed by atoms with Crippen molar-refractivity contribution in [3.05, 3.63) is 42.5 Å². The SMILES string of the molecule is COC(=O)N(c1ccccc1-c1cc(OC)cc(OC)c1)C(C)O[Si](C)(C)C. The molecule has 1 amide bonds. The van der Waals surface area contributed by atoms with Crippen LogP contribution < -0.4 is 14.4 Å². The number of ether oxygens (including phenoxy) is 3. The molecule has 2 rings (SSSR count). The number of hydrogen-bond donors (Lipinski definition) is 0. The fourth-order valence-electron chi connectivity index (χ4n) is 3.00. The molecular formula is C21H29NO5Si. The van der Waals surface area contributed by atoms with E-state index in [1.807, 2.05) is 43.3 Å². The fourth-order valence-corrected chi connectivity index (χ4v) is 4.12. The topological polar surface area (TPSA) is 57.2 Å². The molecular weight excluding hydrogens is 374 g/mol. The third-order valence-electron chi connectivity index (χ3n) is 4.09. The monoisotopic (exact) mass is 403 g/mol. The maximum Gasteiger partial charge on any atom is 0.416 e. The van der Waals surface area contributed by atoms with Gasteiger partial charge in [0.2, 0.25) is 0 Å². The van der Waals surface area contributed by atoms with Crippen molar-refractivity contribution in [2.45, 2.75) is 32.8 Å². The minimum atomic E-state index is -1.89. The molecule has 2 aromatic rings. The van der Waals surface area contributed by atoms with Crippen LogP contribution in [-0.2, 0) is 9.16 Å². The van der Waals surface area contributed by atoms with Crippen LogP contribution in [0.5, 0.6) is 11.5 Å². The van der Waals surface area contributed by atoms with Crippen molar-refractivity contribution in [1.29, 1.82) is 0 Å². The van der Waals surface area contributed by atoms with Gasteiger partial charge in [0, 0.05) is 11.6 Å². The Kier molecular flexibility index (Phi) is 7.09. The van der Waals surface area contributed by atoms with E-state index in [4.69, 9.17) is 18.6 Å². The fraction of sp³-hybridized carbons (Fsp3) is 0.381. The first-order valence-electron chi connectivity index (χ1n) is 9.07. The summed E-state index contributed by atoms with van der Waals surface area (Å²) in [4.78, 5) is 14.2. The Morgan fingerprint density at radius 1 is 0.964 bits per heavy atom. The Morgan fingerprint density at radius 2 is 1.54 bits per heavy atom. The van der Waals surface area contributed by atoms with Crippen LogP contribution >= 0.6 is 0 Å². The summed E-state index contributed by atoms with van der Waals surface area (Å²) >= 11 is 0. The summed E-state index contributed by atoms with van der Waals surface area (Å²) < 4.78 is 22.0. The lowest BCUT2D eigenvalue weighted by Crippen LogP contribution is -2.45. The maximum absolute atomic E-state index is 12.7. The number of para-hydroxylation sites is 1. The summed E-state index contributed by atoms with van der Waals surface area (Å²) in [6.07, 6.45) is -0.958. The molecule has 0 aliphatic carbocycles. The van der Waals surface area contributed by atoms with Crippen LogP contribution in [0.1, 0.15) is 6.92 Å². The first-order valence-corrected chi connectivity index (χ1v) is 12.5. The molecule has 0 saturated heterocycles. The van der Waals surface area contributed by atoms with Crippen molar-refractivity contribution >= 4 is 20.1 Å². The number of anilines is 1. The Hall–Kier alpha value is -2.51. The van der Waals surface area contributed by atoms with Gasteiger partial charge in [0.15, 0.2) is 8.32 Å². The predicted molar refractivity (Wildman–Crippen MR) is 114 cm³/mol. The summed E-state index contributed by atoms with van der Waals surface area (Å²) in [6.45, 7) is 8.10. The van der Waals surface area contributed by atoms with Gasteiger partial charge < -0.3 is 18.6 Å². The van der Waals surface area contributed by atoms with Crippen LogP contribution in [0.25, 0.3) is 11.1 Å². The number of amides is 1. The standard InChI is InChI=1S/C21H29NO5Si/c1-15(27-28(5,6)7)22(21(23)26-4)20-11-9-8-10-19(20)16-12-17(24-2)14-18(13-16)25-3/h8-15H,1-7H3. The zero-order valence-corrected chi connectivity index (χ0v) is 18.6. The molecule has 0 saturated carbocycles. The highest BCUT2D eigenvalue weighted by molar-refractivity contribution is 6.69. The van der Waals surface area contributed by atoms with Crippen molar-refractivity contribution in [2.24, 2.45) is 0 Å². The lowest BCUT2D eigenvalue weighted by molar-refractivity contribution is 0.151. The number of carbonyl (C=O) groups excluding carboxylic acids is 1. The lowest BCUT2D eigenvalue weighted by Gasteiger charge is -2.33. The van der Waals surface area contributed by atoms with Gasteiger partial charge in [-0.15, -0.1) is 0 Å². The molecule has 0 radical (unpaired) electrons. The maximum atomic E-state index is 12.7. The van der Waals surface area contributed by atoms with Crippen molar-refractivity contribution in [2.75, 3.05) is 26.2 Å². The number of methoxy groups -OCH3 is 3. The van der Waals surface area contributed by atoms with Crippen molar-refractivity contribution in [1.82, 2.24) is 0 Å². The molecule has 0 spiro atoms. The number of benzene rings is 2. The second kappa shape index (κ2) is 9.12. The van der Waals surface area contributed by atoms with E-state index in [2.05, 4.69) is 19.6 Å². The van der Waals surface area contributed by atoms with E-state index in [-0.39, 0.29) is 0 Å². The molecule has 28 heavy (non-hydrogen) atoms. The largest absolute Gasteiger partial charge is 0.497 e. The third kappa shape index (κ3) is 5.27. The number of carbonyl (C=O) groups is 1. The van der Waals surface area contributed by atoms with Crippen LogP contribution in [0.4, 0.5) is 10.5 Å². The molecule has 0 aliphatic rings. The van der Waals surface area contributed by atoms with Crippen LogP contribution in [0.3, 0.4) is 0 Å². The molecule has 2 aromatic carbocycles. The Balaban J connectivity index is 2.60. The van der Waals surface area contributed by atoms with Gasteiger partial charge in [-0.2, -0.15) is 0 Å². The number of nitrogens with zero attached hydrogens (tertiary/aromatic N) is 1.